The van der Waals surface area contributed by atoms with E-state index in [-0.39, 0.29) is 0 Å². The van der Waals surface area contributed by atoms with E-state index >= 15 is 0 Å². The maximum absolute atomic E-state index is 11.9. The van der Waals surface area contributed by atoms with E-state index in [1.807, 2.05) is 36.4 Å². The van der Waals surface area contributed by atoms with Crippen molar-refractivity contribution in [2.45, 2.75) is 37.5 Å². The summed E-state index contributed by atoms with van der Waals surface area (Å²) in [5.41, 5.74) is 3.86. The molecule has 0 saturated heterocycles. The fourth-order valence-electron chi connectivity index (χ4n) is 3.78. The Bertz CT molecular complexity index is 1020. The van der Waals surface area contributed by atoms with Gasteiger partial charge in [-0.2, -0.15) is 8.75 Å². The summed E-state index contributed by atoms with van der Waals surface area (Å²) in [4.78, 5) is 11.9. The van der Waals surface area contributed by atoms with E-state index in [9.17, 15) is 9.90 Å². The van der Waals surface area contributed by atoms with Crippen molar-refractivity contribution in [1.82, 2.24) is 8.75 Å². The number of hydrogen-bond acceptors (Lipinski definition) is 5. The lowest BCUT2D eigenvalue weighted by Crippen LogP contribution is -2.42. The van der Waals surface area contributed by atoms with Gasteiger partial charge in [-0.15, -0.1) is 0 Å². The van der Waals surface area contributed by atoms with Crippen molar-refractivity contribution in [2.75, 3.05) is 6.61 Å². The molecule has 0 bridgehead atoms. The molecule has 0 atom stereocenters. The Hall–Kier alpha value is -2.47. The van der Waals surface area contributed by atoms with Gasteiger partial charge in [0.05, 0.1) is 23.8 Å². The summed E-state index contributed by atoms with van der Waals surface area (Å²) >= 11 is 1.21. The molecule has 0 aliphatic heterocycles. The van der Waals surface area contributed by atoms with Crippen LogP contribution in [0.3, 0.4) is 0 Å². The van der Waals surface area contributed by atoms with E-state index in [2.05, 4.69) is 8.75 Å². The molecule has 5 rings (SSSR count). The summed E-state index contributed by atoms with van der Waals surface area (Å²) in [6.07, 6.45) is 4.77. The van der Waals surface area contributed by atoms with Gasteiger partial charge in [0.25, 0.3) is 0 Å². The number of nitrogens with zero attached hydrogens (tertiary/aromatic N) is 2. The number of carboxylic acid groups (broad SMARTS) is 1. The smallest absolute Gasteiger partial charge is 0.314 e. The molecule has 1 aromatic heterocycles. The average molecular weight is 380 g/mol. The zero-order valence-corrected chi connectivity index (χ0v) is 15.7. The fourth-order valence-corrected chi connectivity index (χ4v) is 4.29. The SMILES string of the molecule is O=C(O)C1(c2ccc(-c3ccc4nsnc4c3)c(OCC3CC3)c2)CCC1. The Morgan fingerprint density at radius 1 is 1.15 bits per heavy atom. The molecule has 27 heavy (non-hydrogen) atoms. The van der Waals surface area contributed by atoms with Crippen molar-refractivity contribution >= 4 is 28.7 Å². The maximum Gasteiger partial charge on any atom is 0.314 e. The molecule has 0 amide bonds. The monoisotopic (exact) mass is 380 g/mol. The Balaban J connectivity index is 1.57. The van der Waals surface area contributed by atoms with Crippen LogP contribution in [0.25, 0.3) is 22.2 Å². The summed E-state index contributed by atoms with van der Waals surface area (Å²) in [6, 6.07) is 11.9. The summed E-state index contributed by atoms with van der Waals surface area (Å²) in [5.74, 6) is 0.669. The van der Waals surface area contributed by atoms with Crippen molar-refractivity contribution in [3.63, 3.8) is 0 Å². The van der Waals surface area contributed by atoms with Crippen LogP contribution in [-0.4, -0.2) is 26.4 Å². The zero-order chi connectivity index (χ0) is 18.4. The van der Waals surface area contributed by atoms with E-state index in [1.165, 1.54) is 24.6 Å². The lowest BCUT2D eigenvalue weighted by Gasteiger charge is -2.38. The number of rotatable bonds is 6. The first kappa shape index (κ1) is 16.7. The van der Waals surface area contributed by atoms with E-state index < -0.39 is 11.4 Å². The van der Waals surface area contributed by atoms with Gasteiger partial charge in [0.2, 0.25) is 0 Å². The first-order valence-corrected chi connectivity index (χ1v) is 10.1. The van der Waals surface area contributed by atoms with Gasteiger partial charge in [-0.05, 0) is 60.9 Å². The highest BCUT2D eigenvalue weighted by Crippen LogP contribution is 2.46. The third kappa shape index (κ3) is 2.88. The molecule has 2 saturated carbocycles. The van der Waals surface area contributed by atoms with Gasteiger partial charge in [-0.1, -0.05) is 24.6 Å². The number of carboxylic acids is 1. The van der Waals surface area contributed by atoms with E-state index in [1.54, 1.807) is 0 Å². The van der Waals surface area contributed by atoms with Gasteiger partial charge in [-0.3, -0.25) is 4.79 Å². The van der Waals surface area contributed by atoms with Crippen molar-refractivity contribution in [3.05, 3.63) is 42.0 Å². The molecule has 1 N–H and O–H groups in total. The van der Waals surface area contributed by atoms with Crippen LogP contribution in [0.15, 0.2) is 36.4 Å². The Kier molecular flexibility index (Phi) is 3.90. The van der Waals surface area contributed by atoms with Gasteiger partial charge < -0.3 is 9.84 Å². The molecular weight excluding hydrogens is 360 g/mol. The minimum atomic E-state index is -0.751. The standard InChI is InChI=1S/C21H20N2O3S/c24-20(25)21(8-1-9-21)15-5-6-16(19(11-15)26-12-13-2-3-13)14-4-7-17-18(10-14)23-27-22-17/h4-7,10-11,13H,1-3,8-9,12H2,(H,24,25). The van der Waals surface area contributed by atoms with Crippen LogP contribution in [0.5, 0.6) is 5.75 Å². The van der Waals surface area contributed by atoms with Gasteiger partial charge in [0, 0.05) is 5.56 Å². The highest BCUT2D eigenvalue weighted by atomic mass is 32.1. The normalized spacial score (nSPS) is 18.2. The molecule has 6 heteroatoms. The van der Waals surface area contributed by atoms with Crippen LogP contribution < -0.4 is 4.74 Å². The zero-order valence-electron chi connectivity index (χ0n) is 14.9. The molecular formula is C21H20N2O3S. The van der Waals surface area contributed by atoms with Crippen molar-refractivity contribution in [2.24, 2.45) is 5.92 Å². The predicted octanol–water partition coefficient (Wildman–Crippen LogP) is 4.65. The van der Waals surface area contributed by atoms with Crippen LogP contribution >= 0.6 is 11.7 Å². The number of ether oxygens (including phenoxy) is 1. The quantitative estimate of drug-likeness (QED) is 0.674. The second kappa shape index (κ2) is 6.30. The number of fused-ring (bicyclic) bond motifs is 1. The van der Waals surface area contributed by atoms with Crippen LogP contribution in [0.4, 0.5) is 0 Å². The fraction of sp³-hybridized carbons (Fsp3) is 0.381. The molecule has 2 fully saturated rings. The highest BCUT2D eigenvalue weighted by Gasteiger charge is 2.46. The topological polar surface area (TPSA) is 72.3 Å². The Labute approximate surface area is 161 Å². The second-order valence-electron chi connectivity index (χ2n) is 7.67. The van der Waals surface area contributed by atoms with Crippen LogP contribution in [-0.2, 0) is 10.2 Å². The van der Waals surface area contributed by atoms with Crippen molar-refractivity contribution < 1.29 is 14.6 Å². The molecule has 2 aliphatic rings. The maximum atomic E-state index is 11.9. The molecule has 138 valence electrons. The number of aromatic nitrogens is 2. The van der Waals surface area contributed by atoms with Crippen LogP contribution in [0.2, 0.25) is 0 Å². The molecule has 2 aromatic carbocycles. The molecule has 0 spiro atoms. The van der Waals surface area contributed by atoms with Crippen LogP contribution in [0, 0.1) is 5.92 Å². The molecule has 2 aliphatic carbocycles. The summed E-state index contributed by atoms with van der Waals surface area (Å²) < 4.78 is 14.8. The van der Waals surface area contributed by atoms with Crippen molar-refractivity contribution in [3.8, 4) is 16.9 Å². The van der Waals surface area contributed by atoms with Crippen molar-refractivity contribution in [1.29, 1.82) is 0 Å². The third-order valence-electron chi connectivity index (χ3n) is 5.89. The minimum absolute atomic E-state index is 0.629. The van der Waals surface area contributed by atoms with Gasteiger partial charge in [0.1, 0.15) is 16.8 Å². The molecule has 1 heterocycles. The summed E-state index contributed by atoms with van der Waals surface area (Å²) in [7, 11) is 0. The first-order valence-electron chi connectivity index (χ1n) is 9.39. The minimum Gasteiger partial charge on any atom is -0.493 e. The van der Waals surface area contributed by atoms with E-state index in [4.69, 9.17) is 4.74 Å². The van der Waals surface area contributed by atoms with Gasteiger partial charge in [0.15, 0.2) is 0 Å². The molecule has 3 aromatic rings. The lowest BCUT2D eigenvalue weighted by atomic mass is 9.64. The molecule has 0 unspecified atom stereocenters. The second-order valence-corrected chi connectivity index (χ2v) is 8.20. The van der Waals surface area contributed by atoms with Gasteiger partial charge in [-0.25, -0.2) is 0 Å². The van der Waals surface area contributed by atoms with E-state index in [0.717, 1.165) is 39.9 Å². The molecule has 0 radical (unpaired) electrons. The lowest BCUT2D eigenvalue weighted by molar-refractivity contribution is -0.147. The molecule has 5 nitrogen and oxygen atoms in total. The first-order chi connectivity index (χ1) is 13.2. The summed E-state index contributed by atoms with van der Waals surface area (Å²) in [6.45, 7) is 0.691. The number of benzene rings is 2. The Morgan fingerprint density at radius 3 is 2.67 bits per heavy atom. The third-order valence-corrected chi connectivity index (χ3v) is 6.44. The van der Waals surface area contributed by atoms with Gasteiger partial charge >= 0.3 is 5.97 Å². The number of aliphatic carboxylic acids is 1. The Morgan fingerprint density at radius 2 is 1.96 bits per heavy atom. The largest absolute Gasteiger partial charge is 0.493 e. The number of carbonyl (C=O) groups is 1. The van der Waals surface area contributed by atoms with Crippen LogP contribution in [0.1, 0.15) is 37.7 Å². The summed E-state index contributed by atoms with van der Waals surface area (Å²) in [5, 5.41) is 9.78. The predicted molar refractivity (Wildman–Crippen MR) is 104 cm³/mol. The number of hydrogen-bond donors (Lipinski definition) is 1. The average Bonchev–Trinajstić information content (AvgIpc) is 3.33. The van der Waals surface area contributed by atoms with E-state index in [0.29, 0.717) is 25.4 Å². The highest BCUT2D eigenvalue weighted by molar-refractivity contribution is 7.00.